The molecular formula is C15H23NO. The first kappa shape index (κ1) is 12.4. The fraction of sp³-hybridized carbons (Fsp3) is 0.667. The highest BCUT2D eigenvalue weighted by Crippen LogP contribution is 2.35. The van der Waals surface area contributed by atoms with Crippen molar-refractivity contribution in [2.24, 2.45) is 11.3 Å². The third-order valence-electron chi connectivity index (χ3n) is 3.87. The summed E-state index contributed by atoms with van der Waals surface area (Å²) in [5.74, 6) is 0.991. The van der Waals surface area contributed by atoms with Crippen LogP contribution in [0.5, 0.6) is 0 Å². The van der Waals surface area contributed by atoms with Crippen LogP contribution in [0.4, 0.5) is 0 Å². The Labute approximate surface area is 104 Å². The topological polar surface area (TPSA) is 22.0 Å². The van der Waals surface area contributed by atoms with Gasteiger partial charge in [-0.3, -0.25) is 4.79 Å². The van der Waals surface area contributed by atoms with Crippen molar-refractivity contribution in [2.45, 2.75) is 53.5 Å². The molecule has 1 unspecified atom stereocenters. The van der Waals surface area contributed by atoms with Gasteiger partial charge >= 0.3 is 0 Å². The maximum absolute atomic E-state index is 12.1. The van der Waals surface area contributed by atoms with E-state index in [2.05, 4.69) is 38.5 Å². The van der Waals surface area contributed by atoms with Crippen molar-refractivity contribution in [1.29, 1.82) is 0 Å². The van der Waals surface area contributed by atoms with E-state index in [1.165, 1.54) is 12.1 Å². The molecule has 0 amide bonds. The Kier molecular flexibility index (Phi) is 3.15. The number of carbonyl (C=O) groups is 1. The van der Waals surface area contributed by atoms with Gasteiger partial charge in [0.05, 0.1) is 0 Å². The summed E-state index contributed by atoms with van der Waals surface area (Å²) < 4.78 is 2.29. The number of hydrogen-bond donors (Lipinski definition) is 0. The number of aromatic nitrogens is 1. The lowest BCUT2D eigenvalue weighted by atomic mass is 9.76. The molecule has 0 spiro atoms. The molecule has 1 atom stereocenters. The average molecular weight is 233 g/mol. The van der Waals surface area contributed by atoms with Crippen molar-refractivity contribution < 1.29 is 4.79 Å². The average Bonchev–Trinajstić information content (AvgIpc) is 2.60. The van der Waals surface area contributed by atoms with Gasteiger partial charge in [0.2, 0.25) is 0 Å². The van der Waals surface area contributed by atoms with Gasteiger partial charge in [0.1, 0.15) is 0 Å². The number of ketones is 1. The van der Waals surface area contributed by atoms with E-state index in [1.54, 1.807) is 0 Å². The Morgan fingerprint density at radius 3 is 2.76 bits per heavy atom. The first-order valence-electron chi connectivity index (χ1n) is 6.64. The summed E-state index contributed by atoms with van der Waals surface area (Å²) >= 11 is 0. The van der Waals surface area contributed by atoms with E-state index in [9.17, 15) is 4.79 Å². The van der Waals surface area contributed by atoms with Crippen molar-refractivity contribution in [1.82, 2.24) is 4.57 Å². The highest BCUT2D eigenvalue weighted by atomic mass is 16.1. The van der Waals surface area contributed by atoms with Gasteiger partial charge in [-0.25, -0.2) is 0 Å². The molecule has 0 aliphatic heterocycles. The predicted octanol–water partition coefficient (Wildman–Crippen LogP) is 3.69. The Hall–Kier alpha value is -1.05. The second-order valence-corrected chi connectivity index (χ2v) is 6.28. The van der Waals surface area contributed by atoms with Crippen LogP contribution in [0.15, 0.2) is 12.3 Å². The molecule has 1 aromatic heterocycles. The van der Waals surface area contributed by atoms with Crippen LogP contribution in [0.1, 0.15) is 56.6 Å². The number of Topliss-reactive ketones (excluding diaryl/α,β-unsaturated/α-hetero) is 1. The van der Waals surface area contributed by atoms with Crippen molar-refractivity contribution in [2.75, 3.05) is 0 Å². The van der Waals surface area contributed by atoms with Crippen LogP contribution >= 0.6 is 0 Å². The molecule has 2 heteroatoms. The number of fused-ring (bicyclic) bond motifs is 1. The van der Waals surface area contributed by atoms with Crippen molar-refractivity contribution in [3.8, 4) is 0 Å². The minimum absolute atomic E-state index is 0.121. The van der Waals surface area contributed by atoms with Crippen LogP contribution in [0.3, 0.4) is 0 Å². The van der Waals surface area contributed by atoms with Crippen molar-refractivity contribution in [3.05, 3.63) is 23.5 Å². The van der Waals surface area contributed by atoms with Crippen LogP contribution in [0.25, 0.3) is 0 Å². The molecule has 0 saturated heterocycles. The molecule has 0 N–H and O–H groups in total. The molecule has 0 bridgehead atoms. The molecule has 1 heterocycles. The van der Waals surface area contributed by atoms with E-state index in [1.807, 2.05) is 6.07 Å². The molecule has 1 aromatic rings. The molecule has 94 valence electrons. The van der Waals surface area contributed by atoms with E-state index in [4.69, 9.17) is 0 Å². The van der Waals surface area contributed by atoms with E-state index in [0.717, 1.165) is 18.5 Å². The highest BCUT2D eigenvalue weighted by molar-refractivity contribution is 5.98. The number of carbonyl (C=O) groups excluding carboxylic acids is 1. The molecule has 0 aromatic carbocycles. The summed E-state index contributed by atoms with van der Waals surface area (Å²) in [7, 11) is 0. The van der Waals surface area contributed by atoms with Gasteiger partial charge in [0, 0.05) is 30.4 Å². The van der Waals surface area contributed by atoms with Gasteiger partial charge in [-0.05, 0) is 23.8 Å². The fourth-order valence-corrected chi connectivity index (χ4v) is 2.64. The maximum Gasteiger partial charge on any atom is 0.165 e. The molecule has 17 heavy (non-hydrogen) atoms. The summed E-state index contributed by atoms with van der Waals surface area (Å²) in [5, 5.41) is 0. The minimum Gasteiger partial charge on any atom is -0.350 e. The van der Waals surface area contributed by atoms with Gasteiger partial charge in [0.15, 0.2) is 5.78 Å². The molecule has 0 fully saturated rings. The Bertz CT molecular complexity index is 428. The standard InChI is InChI=1S/C15H23NO/c1-5-11(2)10-16-7-6-12-13(16)8-15(3,4)9-14(12)17/h6-7,11H,5,8-10H2,1-4H3. The quantitative estimate of drug-likeness (QED) is 0.780. The summed E-state index contributed by atoms with van der Waals surface area (Å²) in [4.78, 5) is 12.1. The van der Waals surface area contributed by atoms with Gasteiger partial charge in [0.25, 0.3) is 0 Å². The molecule has 0 saturated carbocycles. The Morgan fingerprint density at radius 2 is 2.12 bits per heavy atom. The lowest BCUT2D eigenvalue weighted by Crippen LogP contribution is -2.28. The normalized spacial score (nSPS) is 20.1. The van der Waals surface area contributed by atoms with Crippen LogP contribution in [-0.4, -0.2) is 10.4 Å². The van der Waals surface area contributed by atoms with E-state index in [-0.39, 0.29) is 5.41 Å². The molecular weight excluding hydrogens is 210 g/mol. The van der Waals surface area contributed by atoms with E-state index in [0.29, 0.717) is 18.1 Å². The van der Waals surface area contributed by atoms with E-state index < -0.39 is 0 Å². The first-order valence-corrected chi connectivity index (χ1v) is 6.64. The number of rotatable bonds is 3. The zero-order chi connectivity index (χ0) is 12.6. The van der Waals surface area contributed by atoms with Crippen molar-refractivity contribution in [3.63, 3.8) is 0 Å². The van der Waals surface area contributed by atoms with Crippen LogP contribution < -0.4 is 0 Å². The fourth-order valence-electron chi connectivity index (χ4n) is 2.64. The third-order valence-corrected chi connectivity index (χ3v) is 3.87. The summed E-state index contributed by atoms with van der Waals surface area (Å²) in [5.41, 5.74) is 2.34. The Balaban J connectivity index is 2.31. The number of hydrogen-bond acceptors (Lipinski definition) is 1. The molecule has 0 radical (unpaired) electrons. The monoisotopic (exact) mass is 233 g/mol. The lowest BCUT2D eigenvalue weighted by molar-refractivity contribution is 0.0909. The van der Waals surface area contributed by atoms with Crippen LogP contribution in [0.2, 0.25) is 0 Å². The van der Waals surface area contributed by atoms with Crippen LogP contribution in [0, 0.1) is 11.3 Å². The molecule has 2 nitrogen and oxygen atoms in total. The minimum atomic E-state index is 0.121. The van der Waals surface area contributed by atoms with Gasteiger partial charge in [-0.1, -0.05) is 34.1 Å². The smallest absolute Gasteiger partial charge is 0.165 e. The van der Waals surface area contributed by atoms with Crippen molar-refractivity contribution >= 4 is 5.78 Å². The van der Waals surface area contributed by atoms with Gasteiger partial charge < -0.3 is 4.57 Å². The first-order chi connectivity index (χ1) is 7.93. The third kappa shape index (κ3) is 2.46. The second-order valence-electron chi connectivity index (χ2n) is 6.28. The zero-order valence-corrected chi connectivity index (χ0v) is 11.4. The Morgan fingerprint density at radius 1 is 1.41 bits per heavy atom. The second kappa shape index (κ2) is 4.32. The zero-order valence-electron chi connectivity index (χ0n) is 11.4. The molecule has 1 aliphatic rings. The molecule has 2 rings (SSSR count). The summed E-state index contributed by atoms with van der Waals surface area (Å²) in [6.07, 6.45) is 4.99. The van der Waals surface area contributed by atoms with Gasteiger partial charge in [-0.2, -0.15) is 0 Å². The summed E-state index contributed by atoms with van der Waals surface area (Å²) in [6.45, 7) is 9.90. The van der Waals surface area contributed by atoms with Gasteiger partial charge in [-0.15, -0.1) is 0 Å². The lowest BCUT2D eigenvalue weighted by Gasteiger charge is -2.30. The highest BCUT2D eigenvalue weighted by Gasteiger charge is 2.32. The predicted molar refractivity (Wildman–Crippen MR) is 70.3 cm³/mol. The maximum atomic E-state index is 12.1. The molecule has 1 aliphatic carbocycles. The summed E-state index contributed by atoms with van der Waals surface area (Å²) in [6, 6.07) is 2.01. The van der Waals surface area contributed by atoms with E-state index >= 15 is 0 Å². The van der Waals surface area contributed by atoms with Crippen LogP contribution in [-0.2, 0) is 13.0 Å². The largest absolute Gasteiger partial charge is 0.350 e. The SMILES string of the molecule is CCC(C)Cn1ccc2c1CC(C)(C)CC2=O. The number of nitrogens with zero attached hydrogens (tertiary/aromatic N) is 1.